The van der Waals surface area contributed by atoms with Gasteiger partial charge in [0.05, 0.1) is 0 Å². The van der Waals surface area contributed by atoms with Gasteiger partial charge >= 0.3 is 0 Å². The van der Waals surface area contributed by atoms with Crippen LogP contribution in [0, 0.1) is 0 Å². The van der Waals surface area contributed by atoms with E-state index in [1.807, 2.05) is 12.1 Å². The predicted octanol–water partition coefficient (Wildman–Crippen LogP) is 0.968. The van der Waals surface area contributed by atoms with Gasteiger partial charge in [0.25, 0.3) is 5.91 Å². The summed E-state index contributed by atoms with van der Waals surface area (Å²) in [5.41, 5.74) is 1.49. The molecule has 0 spiro atoms. The number of piperidine rings is 1. The fourth-order valence-electron chi connectivity index (χ4n) is 3.90. The fraction of sp³-hybridized carbons (Fsp3) is 0.526. The molecule has 3 amide bonds. The minimum absolute atomic E-state index is 0.138. The van der Waals surface area contributed by atoms with Crippen LogP contribution in [-0.2, 0) is 16.1 Å². The summed E-state index contributed by atoms with van der Waals surface area (Å²) in [7, 11) is 0. The Balaban J connectivity index is 1.47. The van der Waals surface area contributed by atoms with Crippen molar-refractivity contribution in [2.24, 2.45) is 0 Å². The summed E-state index contributed by atoms with van der Waals surface area (Å²) in [4.78, 5) is 37.7. The van der Waals surface area contributed by atoms with Crippen LogP contribution in [-0.4, -0.2) is 47.9 Å². The van der Waals surface area contributed by atoms with Crippen molar-refractivity contribution >= 4 is 17.7 Å². The van der Waals surface area contributed by atoms with Crippen molar-refractivity contribution in [2.75, 3.05) is 13.1 Å². The average Bonchev–Trinajstić information content (AvgIpc) is 2.78. The second-order valence-corrected chi connectivity index (χ2v) is 7.16. The molecule has 2 N–H and O–H groups in total. The van der Waals surface area contributed by atoms with Gasteiger partial charge in [-0.15, -0.1) is 0 Å². The zero-order valence-corrected chi connectivity index (χ0v) is 14.6. The van der Waals surface area contributed by atoms with Crippen LogP contribution in [0.3, 0.4) is 0 Å². The Hall–Kier alpha value is -2.41. The Bertz CT molecular complexity index is 740. The molecular weight excluding hydrogens is 334 g/mol. The van der Waals surface area contributed by atoms with E-state index in [1.165, 1.54) is 6.42 Å². The van der Waals surface area contributed by atoms with Crippen molar-refractivity contribution in [2.45, 2.75) is 50.8 Å². The van der Waals surface area contributed by atoms with E-state index in [0.29, 0.717) is 18.5 Å². The van der Waals surface area contributed by atoms with E-state index >= 15 is 0 Å². The van der Waals surface area contributed by atoms with Crippen molar-refractivity contribution in [1.82, 2.24) is 15.5 Å². The second kappa shape index (κ2) is 7.07. The zero-order chi connectivity index (χ0) is 18.1. The third-order valence-corrected chi connectivity index (χ3v) is 5.30. The van der Waals surface area contributed by atoms with Crippen LogP contribution in [0.1, 0.15) is 48.0 Å². The highest BCUT2D eigenvalue weighted by Crippen LogP contribution is 2.30. The number of amides is 3. The van der Waals surface area contributed by atoms with Crippen LogP contribution < -0.4 is 15.4 Å². The molecule has 1 aromatic rings. The lowest BCUT2D eigenvalue weighted by molar-refractivity contribution is -0.136. The quantitative estimate of drug-likeness (QED) is 0.787. The Morgan fingerprint density at radius 3 is 2.85 bits per heavy atom. The maximum absolute atomic E-state index is 12.7. The first-order chi connectivity index (χ1) is 12.6. The number of imide groups is 1. The molecule has 138 valence electrons. The molecule has 2 saturated heterocycles. The Labute approximate surface area is 152 Å². The highest BCUT2D eigenvalue weighted by molar-refractivity contribution is 6.05. The molecule has 26 heavy (non-hydrogen) atoms. The number of carbonyl (C=O) groups excluding carboxylic acids is 3. The minimum atomic E-state index is -0.581. The lowest BCUT2D eigenvalue weighted by Crippen LogP contribution is -2.52. The van der Waals surface area contributed by atoms with Crippen LogP contribution in [0.25, 0.3) is 0 Å². The highest BCUT2D eigenvalue weighted by Gasteiger charge is 2.39. The molecule has 1 unspecified atom stereocenters. The number of nitrogens with zero attached hydrogens (tertiary/aromatic N) is 1. The van der Waals surface area contributed by atoms with Gasteiger partial charge in [0.15, 0.2) is 0 Å². The maximum atomic E-state index is 12.7. The molecule has 7 nitrogen and oxygen atoms in total. The summed E-state index contributed by atoms with van der Waals surface area (Å²) in [6.45, 7) is 2.23. The van der Waals surface area contributed by atoms with Gasteiger partial charge in [0.2, 0.25) is 11.8 Å². The van der Waals surface area contributed by atoms with Gasteiger partial charge < -0.3 is 15.0 Å². The first-order valence-electron chi connectivity index (χ1n) is 9.27. The van der Waals surface area contributed by atoms with Crippen molar-refractivity contribution < 1.29 is 19.1 Å². The Morgan fingerprint density at radius 1 is 1.12 bits per heavy atom. The fourth-order valence-corrected chi connectivity index (χ4v) is 3.90. The number of ether oxygens (including phenoxy) is 1. The molecule has 7 heteroatoms. The Morgan fingerprint density at radius 2 is 2.00 bits per heavy atom. The molecule has 4 rings (SSSR count). The second-order valence-electron chi connectivity index (χ2n) is 7.16. The number of hydrogen-bond acceptors (Lipinski definition) is 5. The molecule has 3 aliphatic rings. The summed E-state index contributed by atoms with van der Waals surface area (Å²) in [5, 5.41) is 5.70. The van der Waals surface area contributed by atoms with Crippen molar-refractivity contribution in [3.63, 3.8) is 0 Å². The standard InChI is InChI=1S/C19H23N3O4/c23-17-7-6-16(18(24)21-17)22-11-12-9-13(4-5-15(12)19(22)25)26-14-3-1-2-8-20-10-14/h4-5,9,14,16,20H,1-3,6-8,10-11H2,(H,21,23,24)/t14-,16?/m1/s1. The van der Waals surface area contributed by atoms with Gasteiger partial charge in [-0.25, -0.2) is 0 Å². The van der Waals surface area contributed by atoms with E-state index in [9.17, 15) is 14.4 Å². The smallest absolute Gasteiger partial charge is 0.255 e. The van der Waals surface area contributed by atoms with Crippen LogP contribution in [0.5, 0.6) is 5.75 Å². The number of rotatable bonds is 3. The number of carbonyl (C=O) groups is 3. The lowest BCUT2D eigenvalue weighted by Gasteiger charge is -2.29. The van der Waals surface area contributed by atoms with E-state index in [-0.39, 0.29) is 30.2 Å². The topological polar surface area (TPSA) is 87.7 Å². The third kappa shape index (κ3) is 3.31. The minimum Gasteiger partial charge on any atom is -0.489 e. The summed E-state index contributed by atoms with van der Waals surface area (Å²) in [5.74, 6) is -0.0564. The average molecular weight is 357 g/mol. The van der Waals surface area contributed by atoms with Crippen LogP contribution in [0.2, 0.25) is 0 Å². The molecule has 0 bridgehead atoms. The number of fused-ring (bicyclic) bond motifs is 1. The molecule has 0 saturated carbocycles. The lowest BCUT2D eigenvalue weighted by atomic mass is 10.0. The molecule has 3 heterocycles. The van der Waals surface area contributed by atoms with E-state index < -0.39 is 6.04 Å². The monoisotopic (exact) mass is 357 g/mol. The maximum Gasteiger partial charge on any atom is 0.255 e. The van der Waals surface area contributed by atoms with Gasteiger partial charge in [0.1, 0.15) is 17.9 Å². The van der Waals surface area contributed by atoms with Gasteiger partial charge in [-0.1, -0.05) is 0 Å². The molecule has 1 aromatic carbocycles. The molecule has 0 aliphatic carbocycles. The first-order valence-corrected chi connectivity index (χ1v) is 9.27. The predicted molar refractivity (Wildman–Crippen MR) is 93.6 cm³/mol. The third-order valence-electron chi connectivity index (χ3n) is 5.30. The highest BCUT2D eigenvalue weighted by atomic mass is 16.5. The summed E-state index contributed by atoms with van der Waals surface area (Å²) < 4.78 is 6.10. The van der Waals surface area contributed by atoms with Crippen molar-refractivity contribution in [1.29, 1.82) is 0 Å². The van der Waals surface area contributed by atoms with Crippen molar-refractivity contribution in [3.8, 4) is 5.75 Å². The summed E-state index contributed by atoms with van der Waals surface area (Å²) >= 11 is 0. The molecule has 2 atom stereocenters. The number of benzene rings is 1. The molecule has 2 fully saturated rings. The number of nitrogens with one attached hydrogen (secondary N) is 2. The molecular formula is C19H23N3O4. The van der Waals surface area contributed by atoms with E-state index in [1.54, 1.807) is 11.0 Å². The van der Waals surface area contributed by atoms with E-state index in [0.717, 1.165) is 37.2 Å². The van der Waals surface area contributed by atoms with Crippen LogP contribution in [0.15, 0.2) is 18.2 Å². The van der Waals surface area contributed by atoms with E-state index in [2.05, 4.69) is 10.6 Å². The molecule has 3 aliphatic heterocycles. The van der Waals surface area contributed by atoms with Gasteiger partial charge in [-0.2, -0.15) is 0 Å². The van der Waals surface area contributed by atoms with Gasteiger partial charge in [0, 0.05) is 25.1 Å². The van der Waals surface area contributed by atoms with E-state index in [4.69, 9.17) is 4.74 Å². The van der Waals surface area contributed by atoms with Gasteiger partial charge in [-0.05, 0) is 56.0 Å². The SMILES string of the molecule is O=C1CCC(N2Cc3cc(O[C@@H]4CCCCNC4)ccc3C2=O)C(=O)N1. The summed E-state index contributed by atoms with van der Waals surface area (Å²) in [6, 6.07) is 4.94. The van der Waals surface area contributed by atoms with Crippen molar-refractivity contribution in [3.05, 3.63) is 29.3 Å². The normalized spacial score (nSPS) is 26.3. The zero-order valence-electron chi connectivity index (χ0n) is 14.6. The molecule has 0 radical (unpaired) electrons. The van der Waals surface area contributed by atoms with Crippen LogP contribution in [0.4, 0.5) is 0 Å². The van der Waals surface area contributed by atoms with Crippen LogP contribution >= 0.6 is 0 Å². The largest absolute Gasteiger partial charge is 0.489 e. The molecule has 0 aromatic heterocycles. The number of hydrogen-bond donors (Lipinski definition) is 2. The first kappa shape index (κ1) is 17.0. The van der Waals surface area contributed by atoms with Gasteiger partial charge in [-0.3, -0.25) is 19.7 Å². The summed E-state index contributed by atoms with van der Waals surface area (Å²) in [6.07, 6.45) is 4.11. The Kier molecular flexibility index (Phi) is 4.63.